The molecule has 0 spiro atoms. The lowest BCUT2D eigenvalue weighted by molar-refractivity contribution is -0.303. The van der Waals surface area contributed by atoms with Crippen molar-refractivity contribution in [2.75, 3.05) is 25.1 Å². The minimum atomic E-state index is -1.62. The van der Waals surface area contributed by atoms with Crippen LogP contribution >= 0.6 is 15.9 Å². The van der Waals surface area contributed by atoms with E-state index in [1.165, 1.54) is 70.6 Å². The normalized spacial score (nSPS) is 21.8. The average molecular weight is 840 g/mol. The fraction of sp³-hybridized carbons (Fsp3) is 0.951. The third kappa shape index (κ3) is 24.7. The van der Waals surface area contributed by atoms with Gasteiger partial charge < -0.3 is 50.7 Å². The number of carbonyl (C=O) groups excluding carboxylic acids is 2. The number of amides is 2. The Bertz CT molecular complexity index is 904. The van der Waals surface area contributed by atoms with Crippen molar-refractivity contribution < 1.29 is 49.7 Å². The van der Waals surface area contributed by atoms with Crippen molar-refractivity contribution >= 4 is 27.7 Å². The molecule has 8 N–H and O–H groups in total. The van der Waals surface area contributed by atoms with Crippen molar-refractivity contribution in [3.8, 4) is 0 Å². The molecule has 1 fully saturated rings. The molecule has 1 aliphatic rings. The van der Waals surface area contributed by atoms with Gasteiger partial charge >= 0.3 is 0 Å². The number of ether oxygens (including phenoxy) is 2. The quantitative estimate of drug-likeness (QED) is 0.0287. The summed E-state index contributed by atoms with van der Waals surface area (Å²) >= 11 is 3.44. The van der Waals surface area contributed by atoms with E-state index in [-0.39, 0.29) is 24.8 Å². The lowest BCUT2D eigenvalue weighted by atomic mass is 9.98. The van der Waals surface area contributed by atoms with E-state index < -0.39 is 55.6 Å². The van der Waals surface area contributed by atoms with E-state index in [0.29, 0.717) is 25.8 Å². The van der Waals surface area contributed by atoms with E-state index in [0.717, 1.165) is 76.0 Å². The van der Waals surface area contributed by atoms with Crippen molar-refractivity contribution in [3.63, 3.8) is 0 Å². The SMILES string of the molecule is CCCCCCCCCCCCCCC(O)C(O)C(CO[C@H]1O[C@H](CO)[C@H](O)[C@H](O)[C@H]1O)NC(=O)CCCCCCCCNC(=O)CCCCCCCBr. The maximum absolute atomic E-state index is 13.0. The maximum atomic E-state index is 13.0. The molecule has 1 heterocycles. The van der Waals surface area contributed by atoms with Gasteiger partial charge in [0, 0.05) is 24.7 Å². The minimum Gasteiger partial charge on any atom is -0.394 e. The molecule has 1 rings (SSSR count). The summed E-state index contributed by atoms with van der Waals surface area (Å²) in [5.74, 6) is -0.180. The Hall–Kier alpha value is -0.900. The Morgan fingerprint density at radius 1 is 0.667 bits per heavy atom. The average Bonchev–Trinajstić information content (AvgIpc) is 3.16. The van der Waals surface area contributed by atoms with Gasteiger partial charge in [-0.25, -0.2) is 0 Å². The summed E-state index contributed by atoms with van der Waals surface area (Å²) in [4.78, 5) is 25.0. The molecule has 0 radical (unpaired) electrons. The number of alkyl halides is 1. The van der Waals surface area contributed by atoms with Crippen LogP contribution in [0.15, 0.2) is 0 Å². The van der Waals surface area contributed by atoms with Crippen molar-refractivity contribution in [2.45, 2.75) is 223 Å². The minimum absolute atomic E-state index is 0.125. The second-order valence-corrected chi connectivity index (χ2v) is 16.2. The molecule has 54 heavy (non-hydrogen) atoms. The Morgan fingerprint density at radius 3 is 1.72 bits per heavy atom. The number of halogens is 1. The van der Waals surface area contributed by atoms with Crippen LogP contribution in [0.25, 0.3) is 0 Å². The van der Waals surface area contributed by atoms with Gasteiger partial charge in [-0.3, -0.25) is 9.59 Å². The second kappa shape index (κ2) is 34.2. The van der Waals surface area contributed by atoms with E-state index in [2.05, 4.69) is 33.5 Å². The lowest BCUT2D eigenvalue weighted by Crippen LogP contribution is -2.60. The number of aliphatic hydroxyl groups excluding tert-OH is 6. The van der Waals surface area contributed by atoms with Crippen LogP contribution in [0.5, 0.6) is 0 Å². The number of hydrogen-bond donors (Lipinski definition) is 8. The molecule has 13 heteroatoms. The van der Waals surface area contributed by atoms with Crippen molar-refractivity contribution in [1.29, 1.82) is 0 Å². The Kier molecular flexibility index (Phi) is 32.3. The van der Waals surface area contributed by atoms with Gasteiger partial charge in [0.25, 0.3) is 0 Å². The van der Waals surface area contributed by atoms with E-state index in [1.54, 1.807) is 0 Å². The molecule has 8 atom stereocenters. The van der Waals surface area contributed by atoms with Crippen LogP contribution in [0.4, 0.5) is 0 Å². The molecular formula is C41H79BrN2O10. The molecule has 3 unspecified atom stereocenters. The maximum Gasteiger partial charge on any atom is 0.220 e. The predicted molar refractivity (Wildman–Crippen MR) is 216 cm³/mol. The summed E-state index contributed by atoms with van der Waals surface area (Å²) in [7, 11) is 0. The molecular weight excluding hydrogens is 760 g/mol. The van der Waals surface area contributed by atoms with Gasteiger partial charge in [0.15, 0.2) is 6.29 Å². The van der Waals surface area contributed by atoms with Crippen LogP contribution in [0.1, 0.15) is 174 Å². The van der Waals surface area contributed by atoms with Gasteiger partial charge in [-0.15, -0.1) is 0 Å². The molecule has 0 bridgehead atoms. The summed E-state index contributed by atoms with van der Waals surface area (Å²) in [6, 6.07) is -1.02. The van der Waals surface area contributed by atoms with Gasteiger partial charge in [-0.05, 0) is 32.1 Å². The van der Waals surface area contributed by atoms with Crippen molar-refractivity contribution in [1.82, 2.24) is 10.6 Å². The molecule has 0 saturated carbocycles. The lowest BCUT2D eigenvalue weighted by Gasteiger charge is -2.40. The zero-order chi connectivity index (χ0) is 39.8. The number of rotatable bonds is 36. The van der Waals surface area contributed by atoms with E-state index in [4.69, 9.17) is 9.47 Å². The van der Waals surface area contributed by atoms with Crippen LogP contribution in [0.3, 0.4) is 0 Å². The Balaban J connectivity index is 2.43. The Morgan fingerprint density at radius 2 is 1.17 bits per heavy atom. The number of aliphatic hydroxyl groups is 6. The third-order valence-corrected chi connectivity index (χ3v) is 11.0. The first-order valence-electron chi connectivity index (χ1n) is 21.6. The summed E-state index contributed by atoms with van der Waals surface area (Å²) in [5, 5.41) is 69.0. The molecule has 0 aromatic heterocycles. The second-order valence-electron chi connectivity index (χ2n) is 15.4. The molecule has 0 aliphatic carbocycles. The third-order valence-electron chi connectivity index (χ3n) is 10.5. The first kappa shape index (κ1) is 51.1. The van der Waals surface area contributed by atoms with Crippen LogP contribution in [-0.4, -0.2) is 116 Å². The molecule has 12 nitrogen and oxygen atoms in total. The van der Waals surface area contributed by atoms with Gasteiger partial charge in [-0.1, -0.05) is 145 Å². The Labute approximate surface area is 335 Å². The fourth-order valence-corrected chi connectivity index (χ4v) is 7.28. The summed E-state index contributed by atoms with van der Waals surface area (Å²) < 4.78 is 11.1. The first-order valence-corrected chi connectivity index (χ1v) is 22.7. The highest BCUT2D eigenvalue weighted by Crippen LogP contribution is 2.23. The number of nitrogens with one attached hydrogen (secondary N) is 2. The first-order chi connectivity index (χ1) is 26.2. The summed E-state index contributed by atoms with van der Waals surface area (Å²) in [6.45, 7) is 1.97. The van der Waals surface area contributed by atoms with Crippen LogP contribution < -0.4 is 10.6 Å². The standard InChI is InChI=1S/C41H79BrN2O10/c1-2-3-4-5-6-7-8-9-10-11-15-20-25-33(46)37(49)32(31-53-41-40(52)39(51)38(50)34(30-45)54-41)44-36(48)27-22-16-12-13-19-24-29-43-35(47)26-21-17-14-18-23-28-42/h32-34,37-41,45-46,49-52H,2-31H2,1H3,(H,43,47)(H,44,48)/t32?,33?,34-,37?,38+,39+,40-,41+/m1/s1. The van der Waals surface area contributed by atoms with Crippen molar-refractivity contribution in [2.24, 2.45) is 0 Å². The van der Waals surface area contributed by atoms with E-state index in [9.17, 15) is 40.2 Å². The van der Waals surface area contributed by atoms with Gasteiger partial charge in [-0.2, -0.15) is 0 Å². The largest absolute Gasteiger partial charge is 0.394 e. The van der Waals surface area contributed by atoms with Gasteiger partial charge in [0.1, 0.15) is 30.5 Å². The summed E-state index contributed by atoms with van der Waals surface area (Å²) in [6.07, 6.45) is 16.5. The summed E-state index contributed by atoms with van der Waals surface area (Å²) in [5.41, 5.74) is 0. The van der Waals surface area contributed by atoms with E-state index in [1.807, 2.05) is 0 Å². The molecule has 2 amide bonds. The molecule has 320 valence electrons. The molecule has 1 aliphatic heterocycles. The van der Waals surface area contributed by atoms with Crippen LogP contribution in [-0.2, 0) is 19.1 Å². The van der Waals surface area contributed by atoms with Gasteiger partial charge in [0.2, 0.25) is 11.8 Å². The van der Waals surface area contributed by atoms with Crippen LogP contribution in [0.2, 0.25) is 0 Å². The van der Waals surface area contributed by atoms with Crippen molar-refractivity contribution in [3.05, 3.63) is 0 Å². The predicted octanol–water partition coefficient (Wildman–Crippen LogP) is 5.68. The molecule has 0 aromatic rings. The van der Waals surface area contributed by atoms with E-state index >= 15 is 0 Å². The highest BCUT2D eigenvalue weighted by molar-refractivity contribution is 9.09. The molecule has 0 aromatic carbocycles. The monoisotopic (exact) mass is 838 g/mol. The zero-order valence-electron chi connectivity index (χ0n) is 33.5. The smallest absolute Gasteiger partial charge is 0.220 e. The number of unbranched alkanes of at least 4 members (excludes halogenated alkanes) is 20. The number of carbonyl (C=O) groups is 2. The highest BCUT2D eigenvalue weighted by atomic mass is 79.9. The van der Waals surface area contributed by atoms with Gasteiger partial charge in [0.05, 0.1) is 25.4 Å². The number of hydrogen-bond acceptors (Lipinski definition) is 10. The fourth-order valence-electron chi connectivity index (χ4n) is 6.89. The highest BCUT2D eigenvalue weighted by Gasteiger charge is 2.44. The molecule has 1 saturated heterocycles. The van der Waals surface area contributed by atoms with Crippen LogP contribution in [0, 0.1) is 0 Å². The topological polar surface area (TPSA) is 198 Å². The zero-order valence-corrected chi connectivity index (χ0v) is 35.1.